The molecule has 4 aromatic carbocycles. The maximum Gasteiger partial charge on any atom is 0.460 e. The van der Waals surface area contributed by atoms with Gasteiger partial charge in [-0.15, -0.1) is 0 Å². The van der Waals surface area contributed by atoms with Crippen LogP contribution in [-0.4, -0.2) is 45.0 Å². The SMILES string of the molecule is CC(=O)c1ccc(N(c2ccc(C(C)=O)cc2)c2ccc3c(O)c(C(=O)C(F)(F)C(F)(F)C(F)(F)F)c(=O)n(-c4ccccc4)c3c2)cc1. The summed E-state index contributed by atoms with van der Waals surface area (Å²) < 4.78 is 96.6. The molecule has 0 unspecified atom stereocenters. The number of rotatable bonds is 9. The average Bonchev–Trinajstić information content (AvgIpc) is 3.05. The van der Waals surface area contributed by atoms with Crippen LogP contribution >= 0.6 is 0 Å². The van der Waals surface area contributed by atoms with Gasteiger partial charge in [0.2, 0.25) is 5.78 Å². The van der Waals surface area contributed by atoms with Gasteiger partial charge in [-0.1, -0.05) is 18.2 Å². The molecular weight excluding hydrogens is 661 g/mol. The highest BCUT2D eigenvalue weighted by atomic mass is 19.4. The van der Waals surface area contributed by atoms with E-state index >= 15 is 0 Å². The van der Waals surface area contributed by atoms with Crippen LogP contribution in [-0.2, 0) is 0 Å². The summed E-state index contributed by atoms with van der Waals surface area (Å²) in [4.78, 5) is 51.9. The Balaban J connectivity index is 1.81. The molecule has 0 aliphatic rings. The van der Waals surface area contributed by atoms with Crippen molar-refractivity contribution in [3.05, 3.63) is 124 Å². The standard InChI is InChI=1S/C35H23F7N2O5/c1-19(45)21-8-12-24(13-9-21)43(25-14-10-22(11-15-25)20(2)46)26-16-17-27-28(18-26)44(23-6-4-3-5-7-23)32(49)29(30(27)47)31(48)33(36,37)34(38,39)35(40,41)42/h3-18,47H,1-2H3. The molecule has 0 radical (unpaired) electrons. The van der Waals surface area contributed by atoms with Crippen LogP contribution in [0.15, 0.2) is 102 Å². The van der Waals surface area contributed by atoms with Crippen LogP contribution in [0.4, 0.5) is 47.8 Å². The Hall–Kier alpha value is -5.79. The topological polar surface area (TPSA) is 96.7 Å². The predicted molar refractivity (Wildman–Crippen MR) is 166 cm³/mol. The van der Waals surface area contributed by atoms with E-state index in [1.165, 1.54) is 80.6 Å². The lowest BCUT2D eigenvalue weighted by Gasteiger charge is -2.28. The number of nitrogens with zero attached hydrogens (tertiary/aromatic N) is 2. The number of carbonyl (C=O) groups excluding carboxylic acids is 3. The van der Waals surface area contributed by atoms with Crippen molar-refractivity contribution in [3.63, 3.8) is 0 Å². The molecule has 14 heteroatoms. The lowest BCUT2D eigenvalue weighted by molar-refractivity contribution is -0.339. The Morgan fingerprint density at radius 3 is 1.59 bits per heavy atom. The zero-order valence-electron chi connectivity index (χ0n) is 25.4. The molecule has 0 spiro atoms. The molecule has 0 saturated carbocycles. The highest BCUT2D eigenvalue weighted by molar-refractivity contribution is 6.08. The monoisotopic (exact) mass is 684 g/mol. The van der Waals surface area contributed by atoms with Gasteiger partial charge < -0.3 is 10.0 Å². The number of fused-ring (bicyclic) bond motifs is 1. The summed E-state index contributed by atoms with van der Waals surface area (Å²) in [5.41, 5.74) is -2.26. The highest BCUT2D eigenvalue weighted by Gasteiger charge is 2.76. The molecule has 0 bridgehead atoms. The van der Waals surface area contributed by atoms with E-state index in [4.69, 9.17) is 0 Å². The van der Waals surface area contributed by atoms with Gasteiger partial charge in [0.05, 0.1) is 5.52 Å². The van der Waals surface area contributed by atoms with Crippen molar-refractivity contribution in [2.45, 2.75) is 31.9 Å². The van der Waals surface area contributed by atoms with Crippen molar-refractivity contribution in [2.24, 2.45) is 0 Å². The summed E-state index contributed by atoms with van der Waals surface area (Å²) in [5, 5.41) is 10.4. The molecule has 252 valence electrons. The fourth-order valence-electron chi connectivity index (χ4n) is 5.15. The zero-order chi connectivity index (χ0) is 36.1. The molecule has 0 aliphatic heterocycles. The summed E-state index contributed by atoms with van der Waals surface area (Å²) in [5.74, 6) is -18.6. The van der Waals surface area contributed by atoms with E-state index in [1.54, 1.807) is 29.2 Å². The molecule has 0 amide bonds. The molecule has 1 aromatic heterocycles. The number of Topliss-reactive ketones (excluding diaryl/α,β-unsaturated/α-hetero) is 3. The first-order valence-electron chi connectivity index (χ1n) is 14.2. The van der Waals surface area contributed by atoms with Gasteiger partial charge >= 0.3 is 18.0 Å². The smallest absolute Gasteiger partial charge is 0.460 e. The molecule has 5 rings (SSSR count). The molecule has 0 aliphatic carbocycles. The molecule has 5 aromatic rings. The number of para-hydroxylation sites is 1. The minimum atomic E-state index is -6.89. The number of hydrogen-bond acceptors (Lipinski definition) is 6. The molecule has 49 heavy (non-hydrogen) atoms. The van der Waals surface area contributed by atoms with Gasteiger partial charge in [-0.05, 0) is 92.7 Å². The van der Waals surface area contributed by atoms with Crippen LogP contribution in [0.1, 0.15) is 44.9 Å². The second-order valence-electron chi connectivity index (χ2n) is 10.9. The molecular formula is C35H23F7N2O5. The van der Waals surface area contributed by atoms with Crippen LogP contribution < -0.4 is 10.5 Å². The third-order valence-electron chi connectivity index (χ3n) is 7.73. The summed E-state index contributed by atoms with van der Waals surface area (Å²) in [7, 11) is 0. The Kier molecular flexibility index (Phi) is 8.70. The summed E-state index contributed by atoms with van der Waals surface area (Å²) in [6.07, 6.45) is -6.87. The van der Waals surface area contributed by atoms with Crippen LogP contribution in [0.2, 0.25) is 0 Å². The third-order valence-corrected chi connectivity index (χ3v) is 7.73. The first-order valence-corrected chi connectivity index (χ1v) is 14.2. The molecule has 0 atom stereocenters. The Morgan fingerprint density at radius 2 is 1.14 bits per heavy atom. The van der Waals surface area contributed by atoms with Crippen molar-refractivity contribution < 1.29 is 50.2 Å². The average molecular weight is 685 g/mol. The van der Waals surface area contributed by atoms with Crippen molar-refractivity contribution in [1.29, 1.82) is 0 Å². The normalized spacial score (nSPS) is 12.2. The summed E-state index contributed by atoms with van der Waals surface area (Å²) in [6.45, 7) is 2.73. The number of carbonyl (C=O) groups is 3. The number of aromatic nitrogens is 1. The van der Waals surface area contributed by atoms with E-state index in [1.807, 2.05) is 0 Å². The van der Waals surface area contributed by atoms with Gasteiger partial charge in [0, 0.05) is 39.3 Å². The maximum atomic E-state index is 14.6. The summed E-state index contributed by atoms with van der Waals surface area (Å²) in [6, 6.07) is 23.0. The first kappa shape index (κ1) is 34.5. The maximum absolute atomic E-state index is 14.6. The van der Waals surface area contributed by atoms with Gasteiger partial charge in [-0.3, -0.25) is 23.7 Å². The number of benzene rings is 4. The Bertz CT molecular complexity index is 2100. The van der Waals surface area contributed by atoms with Crippen molar-refractivity contribution in [3.8, 4) is 11.4 Å². The van der Waals surface area contributed by atoms with Crippen LogP contribution in [0.25, 0.3) is 16.6 Å². The van der Waals surface area contributed by atoms with Gasteiger partial charge in [0.25, 0.3) is 5.56 Å². The number of halogens is 7. The number of ketones is 3. The third kappa shape index (κ3) is 5.94. The largest absolute Gasteiger partial charge is 0.506 e. The Labute approximate surface area is 272 Å². The molecule has 0 saturated heterocycles. The molecule has 1 N–H and O–H groups in total. The highest BCUT2D eigenvalue weighted by Crippen LogP contribution is 2.49. The van der Waals surface area contributed by atoms with Crippen LogP contribution in [0.5, 0.6) is 5.75 Å². The number of pyridine rings is 1. The van der Waals surface area contributed by atoms with Gasteiger partial charge in [-0.2, -0.15) is 30.7 Å². The van der Waals surface area contributed by atoms with E-state index in [0.717, 1.165) is 6.07 Å². The number of alkyl halides is 7. The molecule has 1 heterocycles. The van der Waals surface area contributed by atoms with E-state index < -0.39 is 46.1 Å². The predicted octanol–water partition coefficient (Wildman–Crippen LogP) is 8.59. The number of aromatic hydroxyl groups is 1. The Morgan fingerprint density at radius 1 is 0.673 bits per heavy atom. The van der Waals surface area contributed by atoms with E-state index in [0.29, 0.717) is 27.1 Å². The second kappa shape index (κ2) is 12.3. The second-order valence-corrected chi connectivity index (χ2v) is 10.9. The van der Waals surface area contributed by atoms with Crippen molar-refractivity contribution in [1.82, 2.24) is 4.57 Å². The fraction of sp³-hybridized carbons (Fsp3) is 0.143. The van der Waals surface area contributed by atoms with E-state index in [9.17, 15) is 55.0 Å². The first-order chi connectivity index (χ1) is 22.9. The van der Waals surface area contributed by atoms with Crippen molar-refractivity contribution >= 4 is 45.3 Å². The summed E-state index contributed by atoms with van der Waals surface area (Å²) >= 11 is 0. The van der Waals surface area contributed by atoms with Gasteiger partial charge in [0.1, 0.15) is 11.3 Å². The van der Waals surface area contributed by atoms with Crippen LogP contribution in [0.3, 0.4) is 0 Å². The lowest BCUT2D eigenvalue weighted by atomic mass is 9.97. The fourth-order valence-corrected chi connectivity index (χ4v) is 5.15. The van der Waals surface area contributed by atoms with Gasteiger partial charge in [0.15, 0.2) is 11.6 Å². The molecule has 7 nitrogen and oxygen atoms in total. The minimum absolute atomic E-state index is 0.113. The lowest BCUT2D eigenvalue weighted by Crippen LogP contribution is -2.57. The zero-order valence-corrected chi connectivity index (χ0v) is 25.4. The van der Waals surface area contributed by atoms with E-state index in [-0.39, 0.29) is 28.5 Å². The van der Waals surface area contributed by atoms with Gasteiger partial charge in [-0.25, -0.2) is 0 Å². The quantitative estimate of drug-likeness (QED) is 0.123. The number of hydrogen-bond donors (Lipinski definition) is 1. The minimum Gasteiger partial charge on any atom is -0.506 e. The van der Waals surface area contributed by atoms with Crippen LogP contribution in [0, 0.1) is 0 Å². The molecule has 0 fully saturated rings. The number of anilines is 3. The van der Waals surface area contributed by atoms with E-state index in [2.05, 4.69) is 0 Å². The van der Waals surface area contributed by atoms with Crippen molar-refractivity contribution in [2.75, 3.05) is 4.90 Å².